The lowest BCUT2D eigenvalue weighted by Crippen LogP contribution is -2.43. The second-order valence-electron chi connectivity index (χ2n) is 3.15. The van der Waals surface area contributed by atoms with E-state index >= 15 is 0 Å². The third-order valence-electron chi connectivity index (χ3n) is 1.90. The van der Waals surface area contributed by atoms with E-state index in [1.165, 1.54) is 6.92 Å². The SMILES string of the molecule is C[C@H](O)[C@H](O)[C@H](O)[C@H](O)CCCO. The molecule has 0 aliphatic carbocycles. The monoisotopic (exact) mass is 194 g/mol. The Labute approximate surface area is 77.3 Å². The third kappa shape index (κ3) is 4.54. The normalized spacial score (nSPS) is 20.8. The molecule has 0 saturated heterocycles. The molecule has 13 heavy (non-hydrogen) atoms. The van der Waals surface area contributed by atoms with E-state index in [1.54, 1.807) is 0 Å². The molecule has 0 aliphatic heterocycles. The van der Waals surface area contributed by atoms with Crippen molar-refractivity contribution in [3.63, 3.8) is 0 Å². The number of aliphatic hydroxyl groups is 5. The molecule has 5 heteroatoms. The first-order valence-electron chi connectivity index (χ1n) is 4.33. The van der Waals surface area contributed by atoms with E-state index in [2.05, 4.69) is 0 Å². The highest BCUT2D eigenvalue weighted by Crippen LogP contribution is 2.08. The Bertz CT molecular complexity index is 128. The average Bonchev–Trinajstić information content (AvgIpc) is 2.11. The fourth-order valence-corrected chi connectivity index (χ4v) is 0.984. The third-order valence-corrected chi connectivity index (χ3v) is 1.90. The van der Waals surface area contributed by atoms with Crippen molar-refractivity contribution in [3.05, 3.63) is 0 Å². The number of hydrogen-bond donors (Lipinski definition) is 5. The van der Waals surface area contributed by atoms with Gasteiger partial charge in [-0.05, 0) is 19.8 Å². The van der Waals surface area contributed by atoms with Crippen molar-refractivity contribution in [2.45, 2.75) is 44.2 Å². The summed E-state index contributed by atoms with van der Waals surface area (Å²) in [6, 6.07) is 0. The zero-order chi connectivity index (χ0) is 10.4. The summed E-state index contributed by atoms with van der Waals surface area (Å²) in [4.78, 5) is 0. The van der Waals surface area contributed by atoms with E-state index in [0.29, 0.717) is 6.42 Å². The molecular weight excluding hydrogens is 176 g/mol. The smallest absolute Gasteiger partial charge is 0.108 e. The molecule has 4 atom stereocenters. The maximum absolute atomic E-state index is 9.24. The van der Waals surface area contributed by atoms with Crippen LogP contribution in [0.15, 0.2) is 0 Å². The standard InChI is InChI=1S/C8H18O5/c1-5(10)7(12)8(13)6(11)3-2-4-9/h5-13H,2-4H2,1H3/t5-,6+,7-,8+/m0/s1. The Morgan fingerprint density at radius 1 is 1.00 bits per heavy atom. The predicted molar refractivity (Wildman–Crippen MR) is 46.0 cm³/mol. The van der Waals surface area contributed by atoms with Crippen LogP contribution in [0.4, 0.5) is 0 Å². The summed E-state index contributed by atoms with van der Waals surface area (Å²) in [5, 5.41) is 45.0. The molecule has 0 rings (SSSR count). The van der Waals surface area contributed by atoms with Gasteiger partial charge in [0, 0.05) is 6.61 Å². The van der Waals surface area contributed by atoms with Crippen LogP contribution >= 0.6 is 0 Å². The lowest BCUT2D eigenvalue weighted by atomic mass is 10.0. The minimum absolute atomic E-state index is 0.0748. The Morgan fingerprint density at radius 3 is 1.92 bits per heavy atom. The molecule has 0 aromatic carbocycles. The van der Waals surface area contributed by atoms with Crippen LogP contribution in [0.3, 0.4) is 0 Å². The Kier molecular flexibility index (Phi) is 6.19. The van der Waals surface area contributed by atoms with Gasteiger partial charge in [-0.15, -0.1) is 0 Å². The molecule has 0 heterocycles. The van der Waals surface area contributed by atoms with Crippen LogP contribution < -0.4 is 0 Å². The van der Waals surface area contributed by atoms with Crippen molar-refractivity contribution in [1.82, 2.24) is 0 Å². The van der Waals surface area contributed by atoms with Gasteiger partial charge < -0.3 is 25.5 Å². The quantitative estimate of drug-likeness (QED) is 0.344. The van der Waals surface area contributed by atoms with Gasteiger partial charge in [0.05, 0.1) is 12.2 Å². The van der Waals surface area contributed by atoms with E-state index in [9.17, 15) is 10.2 Å². The van der Waals surface area contributed by atoms with Crippen LogP contribution in [-0.4, -0.2) is 56.6 Å². The Hall–Kier alpha value is -0.200. The summed E-state index contributed by atoms with van der Waals surface area (Å²) in [6.07, 6.45) is -4.37. The van der Waals surface area contributed by atoms with Crippen LogP contribution in [0.5, 0.6) is 0 Å². The Balaban J connectivity index is 3.86. The van der Waals surface area contributed by atoms with Gasteiger partial charge in [0.1, 0.15) is 12.2 Å². The van der Waals surface area contributed by atoms with Crippen molar-refractivity contribution in [1.29, 1.82) is 0 Å². The molecule has 0 aromatic rings. The minimum Gasteiger partial charge on any atom is -0.396 e. The molecule has 5 N–H and O–H groups in total. The summed E-state index contributed by atoms with van der Waals surface area (Å²) < 4.78 is 0. The summed E-state index contributed by atoms with van der Waals surface area (Å²) >= 11 is 0. The lowest BCUT2D eigenvalue weighted by Gasteiger charge is -2.24. The molecule has 0 fully saturated rings. The highest BCUT2D eigenvalue weighted by molar-refractivity contribution is 4.78. The van der Waals surface area contributed by atoms with Gasteiger partial charge in [-0.3, -0.25) is 0 Å². The van der Waals surface area contributed by atoms with Gasteiger partial charge in [0.2, 0.25) is 0 Å². The van der Waals surface area contributed by atoms with Crippen molar-refractivity contribution < 1.29 is 25.5 Å². The van der Waals surface area contributed by atoms with Crippen molar-refractivity contribution in [2.75, 3.05) is 6.61 Å². The zero-order valence-electron chi connectivity index (χ0n) is 7.67. The molecule has 80 valence electrons. The second-order valence-corrected chi connectivity index (χ2v) is 3.15. The molecule has 0 aliphatic rings. The van der Waals surface area contributed by atoms with E-state index in [0.717, 1.165) is 0 Å². The predicted octanol–water partition coefficient (Wildman–Crippen LogP) is -1.78. The maximum atomic E-state index is 9.24. The topological polar surface area (TPSA) is 101 Å². The van der Waals surface area contributed by atoms with Crippen LogP contribution in [-0.2, 0) is 0 Å². The molecule has 0 saturated carbocycles. The van der Waals surface area contributed by atoms with Crippen LogP contribution in [0.25, 0.3) is 0 Å². The maximum Gasteiger partial charge on any atom is 0.108 e. The molecule has 0 spiro atoms. The largest absolute Gasteiger partial charge is 0.396 e. The number of hydrogen-bond acceptors (Lipinski definition) is 5. The van der Waals surface area contributed by atoms with Gasteiger partial charge in [0.15, 0.2) is 0 Å². The molecule has 0 unspecified atom stereocenters. The van der Waals surface area contributed by atoms with Crippen LogP contribution in [0.1, 0.15) is 19.8 Å². The molecular formula is C8H18O5. The molecule has 0 radical (unpaired) electrons. The van der Waals surface area contributed by atoms with Crippen LogP contribution in [0, 0.1) is 0 Å². The van der Waals surface area contributed by atoms with Gasteiger partial charge in [-0.1, -0.05) is 0 Å². The van der Waals surface area contributed by atoms with Crippen molar-refractivity contribution in [2.24, 2.45) is 0 Å². The first kappa shape index (κ1) is 12.8. The zero-order valence-corrected chi connectivity index (χ0v) is 7.67. The van der Waals surface area contributed by atoms with E-state index in [1.807, 2.05) is 0 Å². The minimum atomic E-state index is -1.37. The van der Waals surface area contributed by atoms with E-state index in [4.69, 9.17) is 15.3 Å². The molecule has 0 aromatic heterocycles. The highest BCUT2D eigenvalue weighted by Gasteiger charge is 2.27. The van der Waals surface area contributed by atoms with E-state index in [-0.39, 0.29) is 13.0 Å². The van der Waals surface area contributed by atoms with E-state index < -0.39 is 24.4 Å². The van der Waals surface area contributed by atoms with Crippen molar-refractivity contribution >= 4 is 0 Å². The van der Waals surface area contributed by atoms with Gasteiger partial charge in [-0.25, -0.2) is 0 Å². The van der Waals surface area contributed by atoms with Gasteiger partial charge in [-0.2, -0.15) is 0 Å². The average molecular weight is 194 g/mol. The van der Waals surface area contributed by atoms with Crippen molar-refractivity contribution in [3.8, 4) is 0 Å². The van der Waals surface area contributed by atoms with Gasteiger partial charge >= 0.3 is 0 Å². The summed E-state index contributed by atoms with van der Waals surface area (Å²) in [7, 11) is 0. The first-order valence-corrected chi connectivity index (χ1v) is 4.33. The first-order chi connectivity index (χ1) is 6.00. The molecule has 0 bridgehead atoms. The van der Waals surface area contributed by atoms with Crippen LogP contribution in [0.2, 0.25) is 0 Å². The van der Waals surface area contributed by atoms with Gasteiger partial charge in [0.25, 0.3) is 0 Å². The summed E-state index contributed by atoms with van der Waals surface area (Å²) in [5.74, 6) is 0. The summed E-state index contributed by atoms with van der Waals surface area (Å²) in [5.41, 5.74) is 0. The fourth-order valence-electron chi connectivity index (χ4n) is 0.984. The fraction of sp³-hybridized carbons (Fsp3) is 1.00. The lowest BCUT2D eigenvalue weighted by molar-refractivity contribution is -0.102. The number of rotatable bonds is 6. The Morgan fingerprint density at radius 2 is 1.54 bits per heavy atom. The highest BCUT2D eigenvalue weighted by atomic mass is 16.4. The second kappa shape index (κ2) is 6.28. The molecule has 0 amide bonds. The number of aliphatic hydroxyl groups excluding tert-OH is 5. The molecule has 5 nitrogen and oxygen atoms in total. The summed E-state index contributed by atoms with van der Waals surface area (Å²) in [6.45, 7) is 1.25.